The molecule has 14 heavy (non-hydrogen) atoms. The van der Waals surface area contributed by atoms with Crippen LogP contribution in [0.5, 0.6) is 0 Å². The molecule has 0 fully saturated rings. The highest BCUT2D eigenvalue weighted by Crippen LogP contribution is 2.20. The van der Waals surface area contributed by atoms with Gasteiger partial charge in [-0.05, 0) is 30.5 Å². The van der Waals surface area contributed by atoms with Crippen LogP contribution in [-0.4, -0.2) is 13.7 Å². The number of rotatable bonds is 4. The Bertz CT molecular complexity index is 403. The smallest absolute Gasteiger partial charge is 0.134 e. The highest BCUT2D eigenvalue weighted by Gasteiger charge is 2.02. The molecule has 0 amide bonds. The fourth-order valence-electron chi connectivity index (χ4n) is 1.68. The first-order valence-electron chi connectivity index (χ1n) is 4.86. The van der Waals surface area contributed by atoms with Crippen LogP contribution >= 0.6 is 0 Å². The van der Waals surface area contributed by atoms with Gasteiger partial charge in [0.05, 0.1) is 6.26 Å². The zero-order valence-corrected chi connectivity index (χ0v) is 8.32. The largest absolute Gasteiger partial charge is 0.464 e. The Morgan fingerprint density at radius 1 is 1.29 bits per heavy atom. The maximum Gasteiger partial charge on any atom is 0.134 e. The molecule has 1 aromatic heterocycles. The summed E-state index contributed by atoms with van der Waals surface area (Å²) >= 11 is 0. The van der Waals surface area contributed by atoms with Gasteiger partial charge in [-0.15, -0.1) is 0 Å². The van der Waals surface area contributed by atoms with Crippen molar-refractivity contribution in [3.05, 3.63) is 36.1 Å². The van der Waals surface area contributed by atoms with Gasteiger partial charge in [-0.25, -0.2) is 0 Å². The minimum absolute atomic E-state index is 0.814. The molecule has 1 aromatic carbocycles. The van der Waals surface area contributed by atoms with Gasteiger partial charge in [0, 0.05) is 19.1 Å². The highest BCUT2D eigenvalue weighted by molar-refractivity contribution is 5.80. The summed E-state index contributed by atoms with van der Waals surface area (Å²) in [7, 11) is 1.73. The predicted molar refractivity (Wildman–Crippen MR) is 56.4 cm³/mol. The number of benzene rings is 1. The standard InChI is InChI=1S/C12H14O2/c1-13-8-3-5-10-4-2-6-12-11(10)7-9-14-12/h2,4,6-7,9H,3,5,8H2,1H3. The van der Waals surface area contributed by atoms with Gasteiger partial charge in [0.15, 0.2) is 0 Å². The topological polar surface area (TPSA) is 22.4 Å². The molecule has 2 rings (SSSR count). The Morgan fingerprint density at radius 2 is 2.21 bits per heavy atom. The van der Waals surface area contributed by atoms with Crippen LogP contribution in [0.15, 0.2) is 34.9 Å². The number of hydrogen-bond acceptors (Lipinski definition) is 2. The van der Waals surface area contributed by atoms with Gasteiger partial charge in [0.2, 0.25) is 0 Å². The lowest BCUT2D eigenvalue weighted by Gasteiger charge is -2.01. The molecule has 0 aliphatic heterocycles. The maximum atomic E-state index is 5.33. The molecule has 0 aliphatic rings. The Morgan fingerprint density at radius 3 is 3.07 bits per heavy atom. The van der Waals surface area contributed by atoms with E-state index in [0.717, 1.165) is 25.0 Å². The third kappa shape index (κ3) is 1.80. The van der Waals surface area contributed by atoms with Crippen molar-refractivity contribution in [3.63, 3.8) is 0 Å². The molecular weight excluding hydrogens is 176 g/mol. The number of methoxy groups -OCH3 is 1. The van der Waals surface area contributed by atoms with Crippen molar-refractivity contribution in [1.82, 2.24) is 0 Å². The summed E-state index contributed by atoms with van der Waals surface area (Å²) in [5.74, 6) is 0. The van der Waals surface area contributed by atoms with Crippen molar-refractivity contribution in [2.24, 2.45) is 0 Å². The van der Waals surface area contributed by atoms with Crippen molar-refractivity contribution in [3.8, 4) is 0 Å². The number of furan rings is 1. The van der Waals surface area contributed by atoms with Crippen molar-refractivity contribution >= 4 is 11.0 Å². The third-order valence-electron chi connectivity index (χ3n) is 2.38. The number of hydrogen-bond donors (Lipinski definition) is 0. The third-order valence-corrected chi connectivity index (χ3v) is 2.38. The lowest BCUT2D eigenvalue weighted by Crippen LogP contribution is -1.92. The molecule has 0 atom stereocenters. The fourth-order valence-corrected chi connectivity index (χ4v) is 1.68. The summed E-state index contributed by atoms with van der Waals surface area (Å²) in [5.41, 5.74) is 2.31. The van der Waals surface area contributed by atoms with Gasteiger partial charge in [-0.1, -0.05) is 12.1 Å². The van der Waals surface area contributed by atoms with Gasteiger partial charge < -0.3 is 9.15 Å². The Hall–Kier alpha value is -1.28. The second kappa shape index (κ2) is 4.29. The number of fused-ring (bicyclic) bond motifs is 1. The predicted octanol–water partition coefficient (Wildman–Crippen LogP) is 3.01. The summed E-state index contributed by atoms with van der Waals surface area (Å²) in [5, 5.41) is 1.23. The zero-order chi connectivity index (χ0) is 9.80. The van der Waals surface area contributed by atoms with E-state index in [-0.39, 0.29) is 0 Å². The average Bonchev–Trinajstić information content (AvgIpc) is 2.67. The Labute approximate surface area is 83.5 Å². The van der Waals surface area contributed by atoms with Crippen molar-refractivity contribution in [2.75, 3.05) is 13.7 Å². The summed E-state index contributed by atoms with van der Waals surface area (Å²) in [6.07, 6.45) is 3.84. The SMILES string of the molecule is COCCCc1cccc2occc12. The summed E-state index contributed by atoms with van der Waals surface area (Å²) in [6.45, 7) is 0.814. The molecular formula is C12H14O2. The van der Waals surface area contributed by atoms with Gasteiger partial charge in [0.1, 0.15) is 5.58 Å². The van der Waals surface area contributed by atoms with Crippen LogP contribution in [0.1, 0.15) is 12.0 Å². The van der Waals surface area contributed by atoms with E-state index >= 15 is 0 Å². The van der Waals surface area contributed by atoms with Crippen LogP contribution in [0.25, 0.3) is 11.0 Å². The Kier molecular flexibility index (Phi) is 2.84. The normalized spacial score (nSPS) is 10.9. The minimum Gasteiger partial charge on any atom is -0.464 e. The van der Waals surface area contributed by atoms with Gasteiger partial charge in [-0.3, -0.25) is 0 Å². The first-order chi connectivity index (χ1) is 6.92. The van der Waals surface area contributed by atoms with E-state index in [9.17, 15) is 0 Å². The second-order valence-electron chi connectivity index (χ2n) is 3.35. The highest BCUT2D eigenvalue weighted by atomic mass is 16.5. The first kappa shape index (κ1) is 9.28. The second-order valence-corrected chi connectivity index (χ2v) is 3.35. The van der Waals surface area contributed by atoms with Crippen molar-refractivity contribution in [1.29, 1.82) is 0 Å². The minimum atomic E-state index is 0.814. The quantitative estimate of drug-likeness (QED) is 0.691. The molecule has 2 heteroatoms. The summed E-state index contributed by atoms with van der Waals surface area (Å²) in [6, 6.07) is 8.20. The molecule has 0 saturated heterocycles. The van der Waals surface area contributed by atoms with E-state index in [1.165, 1.54) is 10.9 Å². The molecule has 2 aromatic rings. The molecule has 0 unspecified atom stereocenters. The van der Waals surface area contributed by atoms with Crippen molar-refractivity contribution in [2.45, 2.75) is 12.8 Å². The van der Waals surface area contributed by atoms with Gasteiger partial charge in [-0.2, -0.15) is 0 Å². The summed E-state index contributed by atoms with van der Waals surface area (Å²) < 4.78 is 10.4. The molecule has 1 heterocycles. The molecule has 0 radical (unpaired) electrons. The van der Waals surface area contributed by atoms with E-state index in [1.54, 1.807) is 13.4 Å². The van der Waals surface area contributed by atoms with Crippen LogP contribution in [0.2, 0.25) is 0 Å². The molecule has 0 aliphatic carbocycles. The fraction of sp³-hybridized carbons (Fsp3) is 0.333. The molecule has 0 N–H and O–H groups in total. The van der Waals surface area contributed by atoms with E-state index in [0.29, 0.717) is 0 Å². The van der Waals surface area contributed by atoms with Crippen LogP contribution in [-0.2, 0) is 11.2 Å². The van der Waals surface area contributed by atoms with Gasteiger partial charge >= 0.3 is 0 Å². The van der Waals surface area contributed by atoms with E-state index in [4.69, 9.17) is 9.15 Å². The van der Waals surface area contributed by atoms with Crippen LogP contribution in [0, 0.1) is 0 Å². The van der Waals surface area contributed by atoms with Crippen LogP contribution in [0.4, 0.5) is 0 Å². The first-order valence-corrected chi connectivity index (χ1v) is 4.86. The molecule has 0 saturated carbocycles. The maximum absolute atomic E-state index is 5.33. The van der Waals surface area contributed by atoms with Crippen LogP contribution < -0.4 is 0 Å². The number of ether oxygens (including phenoxy) is 1. The van der Waals surface area contributed by atoms with Gasteiger partial charge in [0.25, 0.3) is 0 Å². The molecule has 2 nitrogen and oxygen atoms in total. The van der Waals surface area contributed by atoms with Crippen LogP contribution in [0.3, 0.4) is 0 Å². The van der Waals surface area contributed by atoms with E-state index in [2.05, 4.69) is 6.07 Å². The Balaban J connectivity index is 2.19. The van der Waals surface area contributed by atoms with E-state index < -0.39 is 0 Å². The number of aryl methyl sites for hydroxylation is 1. The molecule has 74 valence electrons. The summed E-state index contributed by atoms with van der Waals surface area (Å²) in [4.78, 5) is 0. The van der Waals surface area contributed by atoms with E-state index in [1.807, 2.05) is 18.2 Å². The lowest BCUT2D eigenvalue weighted by atomic mass is 10.1. The van der Waals surface area contributed by atoms with Crippen molar-refractivity contribution < 1.29 is 9.15 Å². The average molecular weight is 190 g/mol. The molecule has 0 bridgehead atoms. The lowest BCUT2D eigenvalue weighted by molar-refractivity contribution is 0.195. The molecule has 0 spiro atoms. The monoisotopic (exact) mass is 190 g/mol. The zero-order valence-electron chi connectivity index (χ0n) is 8.32.